The van der Waals surface area contributed by atoms with Gasteiger partial charge in [0.15, 0.2) is 15.5 Å². The van der Waals surface area contributed by atoms with Gasteiger partial charge in [0, 0.05) is 29.5 Å². The summed E-state index contributed by atoms with van der Waals surface area (Å²) in [4.78, 5) is 5.12. The van der Waals surface area contributed by atoms with Gasteiger partial charge in [-0.15, -0.1) is 0 Å². The van der Waals surface area contributed by atoms with Crippen LogP contribution < -0.4 is 10.6 Å². The van der Waals surface area contributed by atoms with Gasteiger partial charge in [-0.05, 0) is 77.0 Å². The first kappa shape index (κ1) is 29.5. The molecule has 2 N–H and O–H groups in total. The molecule has 0 bridgehead atoms. The Morgan fingerprint density at radius 3 is 2.49 bits per heavy atom. The molecule has 39 heavy (non-hydrogen) atoms. The lowest BCUT2D eigenvalue weighted by atomic mass is 9.87. The molecule has 5 rings (SSSR count). The normalized spacial score (nSPS) is 16.0. The molecule has 0 radical (unpaired) electrons. The Morgan fingerprint density at radius 2 is 1.87 bits per heavy atom. The van der Waals surface area contributed by atoms with E-state index in [1.54, 1.807) is 18.3 Å². The van der Waals surface area contributed by atoms with Crippen LogP contribution >= 0.6 is 27.5 Å². The lowest BCUT2D eigenvalue weighted by molar-refractivity contribution is 0.392. The molecule has 1 unspecified atom stereocenters. The fourth-order valence-electron chi connectivity index (χ4n) is 4.42. The molecule has 0 saturated carbocycles. The molecular formula is C29H35BrClN5O2S. The molecule has 1 aliphatic rings. The number of nitrogens with zero attached hydrogens (tertiary/aromatic N) is 3. The van der Waals surface area contributed by atoms with Gasteiger partial charge in [-0.25, -0.2) is 13.4 Å². The third-order valence-electron chi connectivity index (χ3n) is 6.70. The van der Waals surface area contributed by atoms with Gasteiger partial charge >= 0.3 is 0 Å². The minimum Gasteiger partial charge on any atom is -0.370 e. The van der Waals surface area contributed by atoms with Crippen LogP contribution in [-0.4, -0.2) is 48.9 Å². The predicted octanol–water partition coefficient (Wildman–Crippen LogP) is 6.61. The Kier molecular flexibility index (Phi) is 9.37. The van der Waals surface area contributed by atoms with Crippen LogP contribution in [-0.2, 0) is 15.3 Å². The minimum atomic E-state index is -3.07. The number of sulfone groups is 1. The van der Waals surface area contributed by atoms with Crippen molar-refractivity contribution in [3.63, 3.8) is 0 Å². The summed E-state index contributed by atoms with van der Waals surface area (Å²) in [6, 6.07) is 16.9. The molecule has 0 spiro atoms. The molecule has 1 atom stereocenters. The summed E-state index contributed by atoms with van der Waals surface area (Å²) in [5, 5.41) is 12.1. The molecular weight excluding hydrogens is 598 g/mol. The quantitative estimate of drug-likeness (QED) is 0.257. The van der Waals surface area contributed by atoms with Gasteiger partial charge in [-0.3, -0.25) is 0 Å². The SMILES string of the molecule is CC(C)(C)c1ccc(S(C)(=O)=O)cc1.Clc1ccccc1-c1cc(NCC2CCCNC2)n2ncc(Br)c2n1. The van der Waals surface area contributed by atoms with E-state index in [0.717, 1.165) is 52.4 Å². The van der Waals surface area contributed by atoms with E-state index in [1.165, 1.54) is 19.1 Å². The Bertz CT molecular complexity index is 1530. The van der Waals surface area contributed by atoms with Gasteiger partial charge < -0.3 is 10.6 Å². The van der Waals surface area contributed by atoms with Gasteiger partial charge in [0.1, 0.15) is 5.82 Å². The number of hydrogen-bond acceptors (Lipinski definition) is 6. The molecule has 4 aromatic rings. The molecule has 1 aliphatic heterocycles. The second kappa shape index (κ2) is 12.4. The van der Waals surface area contributed by atoms with Crippen LogP contribution in [0.2, 0.25) is 5.02 Å². The number of nitrogens with one attached hydrogen (secondary N) is 2. The van der Waals surface area contributed by atoms with Gasteiger partial charge in [-0.2, -0.15) is 9.61 Å². The van der Waals surface area contributed by atoms with Crippen LogP contribution in [0.5, 0.6) is 0 Å². The summed E-state index contributed by atoms with van der Waals surface area (Å²) >= 11 is 9.91. The molecule has 1 fully saturated rings. The maximum atomic E-state index is 11.2. The highest BCUT2D eigenvalue weighted by molar-refractivity contribution is 9.10. The monoisotopic (exact) mass is 631 g/mol. The van der Waals surface area contributed by atoms with Gasteiger partial charge in [0.05, 0.1) is 21.3 Å². The van der Waals surface area contributed by atoms with Crippen molar-refractivity contribution in [2.24, 2.45) is 5.92 Å². The first-order valence-corrected chi connectivity index (χ1v) is 16.0. The summed E-state index contributed by atoms with van der Waals surface area (Å²) in [6.45, 7) is 9.39. The fraction of sp³-hybridized carbons (Fsp3) is 0.379. The molecule has 208 valence electrons. The average molecular weight is 633 g/mol. The van der Waals surface area contributed by atoms with Crippen molar-refractivity contribution in [3.05, 3.63) is 75.9 Å². The van der Waals surface area contributed by atoms with Gasteiger partial charge in [0.25, 0.3) is 0 Å². The number of anilines is 1. The van der Waals surface area contributed by atoms with Crippen LogP contribution in [0.3, 0.4) is 0 Å². The van der Waals surface area contributed by atoms with E-state index in [4.69, 9.17) is 16.6 Å². The molecule has 10 heteroatoms. The number of piperidine rings is 1. The number of aromatic nitrogens is 3. The zero-order chi connectivity index (χ0) is 28.2. The van der Waals surface area contributed by atoms with Gasteiger partial charge in [0.2, 0.25) is 0 Å². The zero-order valence-corrected chi connectivity index (χ0v) is 25.9. The highest BCUT2D eigenvalue weighted by Crippen LogP contribution is 2.30. The molecule has 3 heterocycles. The maximum Gasteiger partial charge on any atom is 0.175 e. The van der Waals surface area contributed by atoms with E-state index in [9.17, 15) is 8.42 Å². The lowest BCUT2D eigenvalue weighted by Crippen LogP contribution is -2.33. The number of rotatable bonds is 5. The van der Waals surface area contributed by atoms with Crippen molar-refractivity contribution in [1.82, 2.24) is 19.9 Å². The highest BCUT2D eigenvalue weighted by atomic mass is 79.9. The van der Waals surface area contributed by atoms with Crippen LogP contribution in [0.1, 0.15) is 39.2 Å². The zero-order valence-electron chi connectivity index (χ0n) is 22.7. The van der Waals surface area contributed by atoms with E-state index in [2.05, 4.69) is 52.4 Å². The first-order valence-electron chi connectivity index (χ1n) is 13.0. The summed E-state index contributed by atoms with van der Waals surface area (Å²) in [6.07, 6.45) is 5.47. The second-order valence-corrected chi connectivity index (χ2v) is 14.2. The molecule has 1 saturated heterocycles. The highest BCUT2D eigenvalue weighted by Gasteiger charge is 2.17. The number of halogens is 2. The van der Waals surface area contributed by atoms with E-state index in [0.29, 0.717) is 15.8 Å². The van der Waals surface area contributed by atoms with Crippen molar-refractivity contribution in [2.45, 2.75) is 43.9 Å². The molecule has 0 amide bonds. The molecule has 2 aromatic heterocycles. The standard InChI is InChI=1S/C18H19BrClN5.C11H16O2S/c19-14-11-23-25-17(22-10-12-4-3-7-21-9-12)8-16(24-18(14)25)13-5-1-2-6-15(13)20;1-11(2,3)9-5-7-10(8-6-9)14(4,12)13/h1-2,5-6,8,11-12,21-22H,3-4,7,9-10H2;5-8H,1-4H3. The molecule has 7 nitrogen and oxygen atoms in total. The second-order valence-electron chi connectivity index (χ2n) is 10.9. The Hall–Kier alpha value is -2.46. The third kappa shape index (κ3) is 7.60. The molecule has 2 aromatic carbocycles. The minimum absolute atomic E-state index is 0.0655. The van der Waals surface area contributed by atoms with Crippen LogP contribution in [0.25, 0.3) is 16.9 Å². The van der Waals surface area contributed by atoms with Crippen LogP contribution in [0, 0.1) is 5.92 Å². The Labute approximate surface area is 244 Å². The first-order chi connectivity index (χ1) is 18.4. The van der Waals surface area contributed by atoms with E-state index >= 15 is 0 Å². The fourth-order valence-corrected chi connectivity index (χ4v) is 5.63. The van der Waals surface area contributed by atoms with Crippen molar-refractivity contribution >= 4 is 48.8 Å². The summed E-state index contributed by atoms with van der Waals surface area (Å²) in [7, 11) is -3.07. The average Bonchev–Trinajstić information content (AvgIpc) is 3.28. The van der Waals surface area contributed by atoms with E-state index in [-0.39, 0.29) is 5.41 Å². The smallest absolute Gasteiger partial charge is 0.175 e. The van der Waals surface area contributed by atoms with Gasteiger partial charge in [-0.1, -0.05) is 62.7 Å². The van der Waals surface area contributed by atoms with Crippen LogP contribution in [0.4, 0.5) is 5.82 Å². The molecule has 0 aliphatic carbocycles. The summed E-state index contributed by atoms with van der Waals surface area (Å²) in [5.74, 6) is 1.55. The number of benzene rings is 2. The van der Waals surface area contributed by atoms with E-state index in [1.807, 2.05) is 47.0 Å². The maximum absolute atomic E-state index is 11.2. The summed E-state index contributed by atoms with van der Waals surface area (Å²) in [5.41, 5.74) is 3.74. The summed E-state index contributed by atoms with van der Waals surface area (Å²) < 4.78 is 25.1. The topological polar surface area (TPSA) is 88.4 Å². The predicted molar refractivity (Wildman–Crippen MR) is 163 cm³/mol. The van der Waals surface area contributed by atoms with Crippen molar-refractivity contribution in [2.75, 3.05) is 31.2 Å². The van der Waals surface area contributed by atoms with E-state index < -0.39 is 9.84 Å². The van der Waals surface area contributed by atoms with Crippen molar-refractivity contribution < 1.29 is 8.42 Å². The third-order valence-corrected chi connectivity index (χ3v) is 8.72. The number of hydrogen-bond donors (Lipinski definition) is 2. The lowest BCUT2D eigenvalue weighted by Gasteiger charge is -2.23. The largest absolute Gasteiger partial charge is 0.370 e. The Balaban J connectivity index is 0.000000215. The van der Waals surface area contributed by atoms with Crippen molar-refractivity contribution in [1.29, 1.82) is 0 Å². The van der Waals surface area contributed by atoms with Crippen LogP contribution in [0.15, 0.2) is 70.2 Å². The van der Waals surface area contributed by atoms with Crippen molar-refractivity contribution in [3.8, 4) is 11.3 Å². The Morgan fingerprint density at radius 1 is 1.15 bits per heavy atom. The number of fused-ring (bicyclic) bond motifs is 1.